The summed E-state index contributed by atoms with van der Waals surface area (Å²) >= 11 is 6.04. The molecule has 1 atom stereocenters. The summed E-state index contributed by atoms with van der Waals surface area (Å²) in [5.41, 5.74) is 6.87. The molecule has 0 amide bonds. The van der Waals surface area contributed by atoms with E-state index in [0.29, 0.717) is 17.0 Å². The highest BCUT2D eigenvalue weighted by atomic mass is 35.5. The lowest BCUT2D eigenvalue weighted by Gasteiger charge is -2.14. The minimum Gasteiger partial charge on any atom is -0.324 e. The van der Waals surface area contributed by atoms with Gasteiger partial charge in [-0.2, -0.15) is 13.2 Å². The predicted octanol–water partition coefficient (Wildman–Crippen LogP) is 4.60. The zero-order valence-electron chi connectivity index (χ0n) is 10.5. The molecule has 1 unspecified atom stereocenters. The van der Waals surface area contributed by atoms with Crippen molar-refractivity contribution in [2.45, 2.75) is 18.6 Å². The highest BCUT2D eigenvalue weighted by molar-refractivity contribution is 6.31. The van der Waals surface area contributed by atoms with Crippen LogP contribution in [0.3, 0.4) is 0 Å². The van der Waals surface area contributed by atoms with Crippen LogP contribution < -0.4 is 5.73 Å². The molecule has 0 aliphatic carbocycles. The topological polar surface area (TPSA) is 26.0 Å². The minimum absolute atomic E-state index is 0.391. The molecule has 5 heteroatoms. The molecule has 0 aliphatic heterocycles. The van der Waals surface area contributed by atoms with E-state index < -0.39 is 17.8 Å². The molecule has 2 aromatic rings. The first-order valence-corrected chi connectivity index (χ1v) is 6.42. The number of halogens is 4. The van der Waals surface area contributed by atoms with Crippen LogP contribution in [0.2, 0.25) is 5.02 Å². The van der Waals surface area contributed by atoms with Crippen molar-refractivity contribution in [1.82, 2.24) is 0 Å². The molecule has 106 valence electrons. The molecule has 0 radical (unpaired) electrons. The third kappa shape index (κ3) is 3.52. The second kappa shape index (κ2) is 5.85. The summed E-state index contributed by atoms with van der Waals surface area (Å²) in [6.07, 6.45) is -3.85. The van der Waals surface area contributed by atoms with Gasteiger partial charge < -0.3 is 5.73 Å². The number of alkyl halides is 3. The second-order valence-electron chi connectivity index (χ2n) is 4.52. The summed E-state index contributed by atoms with van der Waals surface area (Å²) in [6.45, 7) is 0. The van der Waals surface area contributed by atoms with E-state index in [4.69, 9.17) is 17.3 Å². The van der Waals surface area contributed by atoms with Gasteiger partial charge in [-0.05, 0) is 35.7 Å². The van der Waals surface area contributed by atoms with Crippen LogP contribution in [0, 0.1) is 0 Å². The number of benzene rings is 2. The van der Waals surface area contributed by atoms with E-state index in [9.17, 15) is 13.2 Å². The first-order chi connectivity index (χ1) is 9.38. The van der Waals surface area contributed by atoms with Gasteiger partial charge in [-0.1, -0.05) is 41.9 Å². The number of hydrogen-bond acceptors (Lipinski definition) is 1. The van der Waals surface area contributed by atoms with Crippen LogP contribution in [0.15, 0.2) is 48.5 Å². The van der Waals surface area contributed by atoms with Gasteiger partial charge in [-0.3, -0.25) is 0 Å². The van der Waals surface area contributed by atoms with Crippen molar-refractivity contribution in [3.8, 4) is 0 Å². The Kier molecular flexibility index (Phi) is 4.35. The minimum atomic E-state index is -4.33. The van der Waals surface area contributed by atoms with Crippen LogP contribution in [0.4, 0.5) is 13.2 Å². The van der Waals surface area contributed by atoms with E-state index in [1.807, 2.05) is 18.2 Å². The van der Waals surface area contributed by atoms with Crippen molar-refractivity contribution in [2.24, 2.45) is 5.73 Å². The molecular formula is C15H13ClF3N. The normalized spacial score (nSPS) is 13.2. The molecule has 0 aliphatic rings. The summed E-state index contributed by atoms with van der Waals surface area (Å²) in [5, 5.41) is 0.606. The van der Waals surface area contributed by atoms with Gasteiger partial charge in [-0.15, -0.1) is 0 Å². The summed E-state index contributed by atoms with van der Waals surface area (Å²) in [5.74, 6) is 0. The molecule has 0 saturated heterocycles. The molecule has 0 spiro atoms. The fraction of sp³-hybridized carbons (Fsp3) is 0.200. The van der Waals surface area contributed by atoms with Crippen molar-refractivity contribution < 1.29 is 13.2 Å². The lowest BCUT2D eigenvalue weighted by atomic mass is 9.98. The number of rotatable bonds is 3. The van der Waals surface area contributed by atoms with Crippen LogP contribution >= 0.6 is 11.6 Å². The Balaban J connectivity index is 2.14. The lowest BCUT2D eigenvalue weighted by molar-refractivity contribution is -0.137. The highest BCUT2D eigenvalue weighted by Crippen LogP contribution is 2.30. The van der Waals surface area contributed by atoms with Gasteiger partial charge in [-0.25, -0.2) is 0 Å². The summed E-state index contributed by atoms with van der Waals surface area (Å²) < 4.78 is 37.4. The first kappa shape index (κ1) is 14.9. The van der Waals surface area contributed by atoms with E-state index >= 15 is 0 Å². The summed E-state index contributed by atoms with van der Waals surface area (Å²) in [6, 6.07) is 11.8. The Morgan fingerprint density at radius 3 is 2.15 bits per heavy atom. The maximum absolute atomic E-state index is 12.5. The second-order valence-corrected chi connectivity index (χ2v) is 4.93. The highest BCUT2D eigenvalue weighted by Gasteiger charge is 2.30. The van der Waals surface area contributed by atoms with Gasteiger partial charge in [0.05, 0.1) is 5.56 Å². The Bertz CT molecular complexity index is 578. The average molecular weight is 300 g/mol. The SMILES string of the molecule is NC(Cc1ccccc1Cl)c1ccc(C(F)(F)F)cc1. The molecule has 0 heterocycles. The van der Waals surface area contributed by atoms with Gasteiger partial charge >= 0.3 is 6.18 Å². The zero-order chi connectivity index (χ0) is 14.8. The van der Waals surface area contributed by atoms with E-state index in [-0.39, 0.29) is 0 Å². The Morgan fingerprint density at radius 1 is 1.00 bits per heavy atom. The zero-order valence-corrected chi connectivity index (χ0v) is 11.2. The number of nitrogens with two attached hydrogens (primary N) is 1. The van der Waals surface area contributed by atoms with Crippen LogP contribution in [-0.4, -0.2) is 0 Å². The van der Waals surface area contributed by atoms with Crippen molar-refractivity contribution in [3.63, 3.8) is 0 Å². The van der Waals surface area contributed by atoms with Crippen LogP contribution in [0.1, 0.15) is 22.7 Å². The van der Waals surface area contributed by atoms with Crippen molar-refractivity contribution >= 4 is 11.6 Å². The van der Waals surface area contributed by atoms with E-state index in [0.717, 1.165) is 17.7 Å². The molecule has 2 N–H and O–H groups in total. The van der Waals surface area contributed by atoms with Gasteiger partial charge in [0.1, 0.15) is 0 Å². The average Bonchev–Trinajstić information content (AvgIpc) is 2.40. The Hall–Kier alpha value is -1.52. The van der Waals surface area contributed by atoms with E-state index in [1.165, 1.54) is 12.1 Å². The standard InChI is InChI=1S/C15H13ClF3N/c16-13-4-2-1-3-11(13)9-14(20)10-5-7-12(8-6-10)15(17,18)19/h1-8,14H,9,20H2. The fourth-order valence-electron chi connectivity index (χ4n) is 1.94. The molecule has 20 heavy (non-hydrogen) atoms. The van der Waals surface area contributed by atoms with Crippen molar-refractivity contribution in [3.05, 3.63) is 70.2 Å². The van der Waals surface area contributed by atoms with Crippen molar-refractivity contribution in [2.75, 3.05) is 0 Å². The molecule has 1 nitrogen and oxygen atoms in total. The molecule has 0 aromatic heterocycles. The van der Waals surface area contributed by atoms with Gasteiger partial charge in [0.25, 0.3) is 0 Å². The Labute approximate surface area is 120 Å². The van der Waals surface area contributed by atoms with Crippen LogP contribution in [0.5, 0.6) is 0 Å². The van der Waals surface area contributed by atoms with E-state index in [2.05, 4.69) is 0 Å². The van der Waals surface area contributed by atoms with Crippen LogP contribution in [0.25, 0.3) is 0 Å². The molecule has 0 bridgehead atoms. The predicted molar refractivity (Wildman–Crippen MR) is 73.5 cm³/mol. The smallest absolute Gasteiger partial charge is 0.324 e. The fourth-order valence-corrected chi connectivity index (χ4v) is 2.15. The molecular weight excluding hydrogens is 287 g/mol. The Morgan fingerprint density at radius 2 is 1.60 bits per heavy atom. The first-order valence-electron chi connectivity index (χ1n) is 6.04. The monoisotopic (exact) mass is 299 g/mol. The van der Waals surface area contributed by atoms with Crippen molar-refractivity contribution in [1.29, 1.82) is 0 Å². The quantitative estimate of drug-likeness (QED) is 0.880. The lowest BCUT2D eigenvalue weighted by Crippen LogP contribution is -2.14. The molecule has 2 rings (SSSR count). The van der Waals surface area contributed by atoms with Gasteiger partial charge in [0.15, 0.2) is 0 Å². The molecule has 0 fully saturated rings. The molecule has 0 saturated carbocycles. The summed E-state index contributed by atoms with van der Waals surface area (Å²) in [4.78, 5) is 0. The van der Waals surface area contributed by atoms with Crippen LogP contribution in [-0.2, 0) is 12.6 Å². The third-order valence-electron chi connectivity index (χ3n) is 3.06. The number of hydrogen-bond donors (Lipinski definition) is 1. The molecule has 2 aromatic carbocycles. The largest absolute Gasteiger partial charge is 0.416 e. The van der Waals surface area contributed by atoms with Gasteiger partial charge in [0.2, 0.25) is 0 Å². The van der Waals surface area contributed by atoms with Gasteiger partial charge in [0, 0.05) is 11.1 Å². The van der Waals surface area contributed by atoms with E-state index in [1.54, 1.807) is 6.07 Å². The summed E-state index contributed by atoms with van der Waals surface area (Å²) in [7, 11) is 0. The maximum atomic E-state index is 12.5. The third-order valence-corrected chi connectivity index (χ3v) is 3.43. The maximum Gasteiger partial charge on any atom is 0.416 e.